The number of nitrogens with one attached hydrogen (secondary N) is 1. The average Bonchev–Trinajstić information content (AvgIpc) is 2.81. The van der Waals surface area contributed by atoms with Gasteiger partial charge in [-0.15, -0.1) is 0 Å². The fraction of sp³-hybridized carbons (Fsp3) is 0.714. The number of anilines is 1. The molecule has 1 aromatic rings. The summed E-state index contributed by atoms with van der Waals surface area (Å²) in [7, 11) is 2.40. The molecule has 6 heteroatoms. The first-order valence-corrected chi connectivity index (χ1v) is 13.6. The van der Waals surface area contributed by atoms with E-state index in [2.05, 4.69) is 41.5 Å². The van der Waals surface area contributed by atoms with E-state index in [1.807, 2.05) is 0 Å². The van der Waals surface area contributed by atoms with Gasteiger partial charge < -0.3 is 5.73 Å². The molecule has 1 aliphatic heterocycles. The Morgan fingerprint density at radius 2 is 1.62 bits per heavy atom. The van der Waals surface area contributed by atoms with E-state index >= 15 is 0 Å². The summed E-state index contributed by atoms with van der Waals surface area (Å²) < 4.78 is 0. The fourth-order valence-electron chi connectivity index (χ4n) is 7.93. The lowest BCUT2D eigenvalue weighted by atomic mass is 9.52. The molecule has 34 heavy (non-hydrogen) atoms. The van der Waals surface area contributed by atoms with Crippen LogP contribution in [0.2, 0.25) is 0 Å². The smallest absolute Gasteiger partial charge is 0.328 e. The van der Waals surface area contributed by atoms with Crippen LogP contribution in [0.5, 0.6) is 0 Å². The number of carbonyl (C=O) groups is 2. The second kappa shape index (κ2) is 9.98. The third kappa shape index (κ3) is 4.76. The number of imide groups is 1. The number of nitrogens with zero attached hydrogens (tertiary/aromatic N) is 2. The molecule has 1 saturated heterocycles. The van der Waals surface area contributed by atoms with Gasteiger partial charge in [-0.05, 0) is 100 Å². The van der Waals surface area contributed by atoms with Crippen LogP contribution in [0.4, 0.5) is 10.5 Å². The largest absolute Gasteiger partial charge is 0.330 e. The number of unbranched alkanes of at least 4 members (excludes halogenated alkanes) is 3. The van der Waals surface area contributed by atoms with Crippen molar-refractivity contribution in [2.45, 2.75) is 88.6 Å². The van der Waals surface area contributed by atoms with Gasteiger partial charge in [-0.3, -0.25) is 19.9 Å². The Balaban J connectivity index is 1.34. The molecular weight excluding hydrogens is 424 g/mol. The lowest BCUT2D eigenvalue weighted by Gasteiger charge is -2.61. The lowest BCUT2D eigenvalue weighted by Crippen LogP contribution is -2.59. The van der Waals surface area contributed by atoms with Gasteiger partial charge in [-0.2, -0.15) is 0 Å². The van der Waals surface area contributed by atoms with Crippen molar-refractivity contribution in [1.82, 2.24) is 10.2 Å². The average molecular weight is 467 g/mol. The monoisotopic (exact) mass is 466 g/mol. The van der Waals surface area contributed by atoms with E-state index in [4.69, 9.17) is 5.73 Å². The first-order chi connectivity index (χ1) is 16.5. The number of amides is 3. The van der Waals surface area contributed by atoms with Crippen molar-refractivity contribution < 1.29 is 9.59 Å². The summed E-state index contributed by atoms with van der Waals surface area (Å²) in [5.74, 6) is 2.61. The highest BCUT2D eigenvalue weighted by molar-refractivity contribution is 6.05. The van der Waals surface area contributed by atoms with Crippen LogP contribution < -0.4 is 16.0 Å². The van der Waals surface area contributed by atoms with Crippen LogP contribution in [0.15, 0.2) is 24.3 Å². The number of urea groups is 1. The first kappa shape index (κ1) is 23.8. The highest BCUT2D eigenvalue weighted by atomic mass is 16.2. The Bertz CT molecular complexity index is 848. The van der Waals surface area contributed by atoms with Gasteiger partial charge in [0.1, 0.15) is 0 Å². The molecule has 3 N–H and O–H groups in total. The molecule has 4 bridgehead atoms. The quantitative estimate of drug-likeness (QED) is 0.477. The molecule has 0 aromatic heterocycles. The van der Waals surface area contributed by atoms with Crippen LogP contribution in [0.3, 0.4) is 0 Å². The SMILES string of the molecule is CN(C(CCCCCCN)c1ccc(N2CCC(=O)NC2=O)cc1)C12CC3CC(CC(C3)C1)C2. The van der Waals surface area contributed by atoms with E-state index in [0.29, 0.717) is 24.5 Å². The normalized spacial score (nSPS) is 31.3. The standard InChI is InChI=1S/C28H42N4O2/c1-31(28-17-20-14-21(18-28)16-22(15-20)19-28)25(6-4-2-3-5-12-29)23-7-9-24(10-8-23)32-13-11-26(33)30-27(32)34/h7-10,20-22,25H,2-6,11-19,29H2,1H3,(H,30,33,34). The van der Waals surface area contributed by atoms with Crippen LogP contribution in [0, 0.1) is 17.8 Å². The van der Waals surface area contributed by atoms with Crippen molar-refractivity contribution in [1.29, 1.82) is 0 Å². The maximum Gasteiger partial charge on any atom is 0.328 e. The van der Waals surface area contributed by atoms with Gasteiger partial charge in [0.25, 0.3) is 0 Å². The molecule has 6 rings (SSSR count). The van der Waals surface area contributed by atoms with Gasteiger partial charge in [0.2, 0.25) is 5.91 Å². The summed E-state index contributed by atoms with van der Waals surface area (Å²) in [4.78, 5) is 28.3. The first-order valence-electron chi connectivity index (χ1n) is 13.6. The highest BCUT2D eigenvalue weighted by Crippen LogP contribution is 2.59. The Labute approximate surface area is 204 Å². The van der Waals surface area contributed by atoms with Crippen molar-refractivity contribution in [3.05, 3.63) is 29.8 Å². The van der Waals surface area contributed by atoms with Crippen molar-refractivity contribution in [3.8, 4) is 0 Å². The Morgan fingerprint density at radius 1 is 1.00 bits per heavy atom. The summed E-state index contributed by atoms with van der Waals surface area (Å²) in [6.07, 6.45) is 14.8. The minimum atomic E-state index is -0.314. The van der Waals surface area contributed by atoms with Gasteiger partial charge in [0, 0.05) is 30.2 Å². The van der Waals surface area contributed by atoms with E-state index in [0.717, 1.165) is 36.4 Å². The molecule has 1 aromatic carbocycles. The highest BCUT2D eigenvalue weighted by Gasteiger charge is 2.53. The number of rotatable bonds is 10. The third-order valence-electron chi connectivity index (χ3n) is 9.30. The molecule has 5 aliphatic rings. The minimum absolute atomic E-state index is 0.190. The molecule has 6 nitrogen and oxygen atoms in total. The van der Waals surface area contributed by atoms with E-state index in [1.54, 1.807) is 4.90 Å². The number of nitrogens with two attached hydrogens (primary N) is 1. The zero-order valence-corrected chi connectivity index (χ0v) is 20.8. The van der Waals surface area contributed by atoms with E-state index in [9.17, 15) is 9.59 Å². The van der Waals surface area contributed by atoms with Crippen molar-refractivity contribution in [2.75, 3.05) is 25.0 Å². The third-order valence-corrected chi connectivity index (χ3v) is 9.30. The van der Waals surface area contributed by atoms with Gasteiger partial charge >= 0.3 is 6.03 Å². The second-order valence-electron chi connectivity index (χ2n) is 11.6. The van der Waals surface area contributed by atoms with Crippen molar-refractivity contribution in [2.24, 2.45) is 23.5 Å². The molecular formula is C28H42N4O2. The maximum atomic E-state index is 12.3. The number of benzene rings is 1. The molecule has 4 saturated carbocycles. The van der Waals surface area contributed by atoms with Crippen LogP contribution in [-0.2, 0) is 4.79 Å². The Kier molecular flexibility index (Phi) is 6.99. The lowest BCUT2D eigenvalue weighted by molar-refractivity contribution is -0.120. The van der Waals surface area contributed by atoms with Crippen LogP contribution in [0.25, 0.3) is 0 Å². The summed E-state index contributed by atoms with van der Waals surface area (Å²) in [6.45, 7) is 1.23. The molecule has 0 spiro atoms. The topological polar surface area (TPSA) is 78.7 Å². The molecule has 3 amide bonds. The Morgan fingerprint density at radius 3 is 2.21 bits per heavy atom. The predicted octanol–water partition coefficient (Wildman–Crippen LogP) is 4.98. The molecule has 0 radical (unpaired) electrons. The maximum absolute atomic E-state index is 12.3. The number of hydrogen-bond acceptors (Lipinski definition) is 4. The summed E-state index contributed by atoms with van der Waals surface area (Å²) >= 11 is 0. The summed E-state index contributed by atoms with van der Waals surface area (Å²) in [6, 6.07) is 8.67. The number of carbonyl (C=O) groups excluding carboxylic acids is 2. The van der Waals surface area contributed by atoms with E-state index in [1.165, 1.54) is 69.8 Å². The molecule has 1 atom stereocenters. The van der Waals surface area contributed by atoms with Crippen molar-refractivity contribution >= 4 is 17.6 Å². The molecule has 5 fully saturated rings. The fourth-order valence-corrected chi connectivity index (χ4v) is 7.93. The molecule has 186 valence electrons. The van der Waals surface area contributed by atoms with Crippen LogP contribution in [-0.4, -0.2) is 42.5 Å². The Hall–Kier alpha value is -1.92. The van der Waals surface area contributed by atoms with Gasteiger partial charge in [0.15, 0.2) is 0 Å². The molecule has 1 heterocycles. The predicted molar refractivity (Wildman–Crippen MR) is 135 cm³/mol. The van der Waals surface area contributed by atoms with E-state index < -0.39 is 0 Å². The van der Waals surface area contributed by atoms with Gasteiger partial charge in [-0.1, -0.05) is 31.4 Å². The van der Waals surface area contributed by atoms with Crippen LogP contribution in [0.1, 0.15) is 88.7 Å². The summed E-state index contributed by atoms with van der Waals surface area (Å²) in [5.41, 5.74) is 8.30. The summed E-state index contributed by atoms with van der Waals surface area (Å²) in [5, 5.41) is 2.43. The minimum Gasteiger partial charge on any atom is -0.330 e. The molecule has 4 aliphatic carbocycles. The molecule has 1 unspecified atom stereocenters. The van der Waals surface area contributed by atoms with Crippen molar-refractivity contribution in [3.63, 3.8) is 0 Å². The van der Waals surface area contributed by atoms with Crippen LogP contribution >= 0.6 is 0 Å². The zero-order valence-electron chi connectivity index (χ0n) is 20.8. The second-order valence-corrected chi connectivity index (χ2v) is 11.6. The number of hydrogen-bond donors (Lipinski definition) is 2. The van der Waals surface area contributed by atoms with Gasteiger partial charge in [0.05, 0.1) is 0 Å². The van der Waals surface area contributed by atoms with Gasteiger partial charge in [-0.25, -0.2) is 4.79 Å². The zero-order chi connectivity index (χ0) is 23.7. The van der Waals surface area contributed by atoms with E-state index in [-0.39, 0.29) is 11.9 Å².